The van der Waals surface area contributed by atoms with Gasteiger partial charge in [-0.1, -0.05) is 0 Å². The molecule has 0 fully saturated rings. The first kappa shape index (κ1) is 27.9. The molecule has 0 atom stereocenters. The predicted octanol–water partition coefficient (Wildman–Crippen LogP) is 5.66. The Morgan fingerprint density at radius 2 is 1.92 bits per heavy atom. The monoisotopic (exact) mass is 542 g/mol. The summed E-state index contributed by atoms with van der Waals surface area (Å²) in [6.45, 7) is 7.36. The largest absolute Gasteiger partial charge is 0.489 e. The molecule has 0 unspecified atom stereocenters. The van der Waals surface area contributed by atoms with Gasteiger partial charge in [-0.05, 0) is 51.4 Å². The molecule has 37 heavy (non-hydrogen) atoms. The van der Waals surface area contributed by atoms with Crippen LogP contribution < -0.4 is 20.7 Å². The number of rotatable bonds is 9. The number of hydrogen-bond donors (Lipinski definition) is 3. The maximum atomic E-state index is 14.5. The summed E-state index contributed by atoms with van der Waals surface area (Å²) in [6.07, 6.45) is -3.39. The van der Waals surface area contributed by atoms with E-state index < -0.39 is 29.4 Å². The van der Waals surface area contributed by atoms with Crippen LogP contribution in [0, 0.1) is 12.7 Å². The minimum atomic E-state index is -4.62. The first-order valence-corrected chi connectivity index (χ1v) is 11.8. The summed E-state index contributed by atoms with van der Waals surface area (Å²) < 4.78 is 68.0. The topological polar surface area (TPSA) is 110 Å². The minimum Gasteiger partial charge on any atom is -0.489 e. The Hall–Kier alpha value is -3.68. The molecule has 0 aliphatic carbocycles. The van der Waals surface area contributed by atoms with E-state index in [-0.39, 0.29) is 31.3 Å². The molecule has 3 N–H and O–H groups in total. The van der Waals surface area contributed by atoms with E-state index in [4.69, 9.17) is 9.47 Å². The molecule has 0 aliphatic heterocycles. The lowest BCUT2D eigenvalue weighted by molar-refractivity contribution is -0.141. The fourth-order valence-electron chi connectivity index (χ4n) is 2.92. The second kappa shape index (κ2) is 11.6. The number of benzene rings is 1. The molecule has 9 nitrogen and oxygen atoms in total. The summed E-state index contributed by atoms with van der Waals surface area (Å²) >= 11 is 1.06. The van der Waals surface area contributed by atoms with Crippen LogP contribution in [-0.2, 0) is 17.5 Å². The number of ether oxygens (including phenoxy) is 2. The lowest BCUT2D eigenvalue weighted by Crippen LogP contribution is -2.34. The second-order valence-electron chi connectivity index (χ2n) is 8.76. The number of nitrogens with one attached hydrogen (secondary N) is 3. The van der Waals surface area contributed by atoms with Gasteiger partial charge < -0.3 is 25.4 Å². The molecule has 2 heterocycles. The number of aromatic nitrogens is 3. The smallest absolute Gasteiger partial charge is 0.434 e. The number of carbonyl (C=O) groups is 1. The van der Waals surface area contributed by atoms with E-state index in [0.717, 1.165) is 11.5 Å². The number of carbonyl (C=O) groups excluding carboxylic acids is 1. The standard InChI is InChI=1S/C23H26F4N6O3S/c1-13-15(20(37-33-13)32-19-12-28-11-18(31-19)23(25,26)27)10-30-14-5-6-17(16(24)9-14)35-8-7-29-21(34)36-22(2,3)4/h5-6,9,11-12,30H,7-8,10H2,1-4H3,(H,29,34)(H,31,32). The van der Waals surface area contributed by atoms with Crippen LogP contribution in [0.15, 0.2) is 30.6 Å². The number of nitrogens with zero attached hydrogens (tertiary/aromatic N) is 3. The number of aryl methyl sites for hydroxylation is 1. The van der Waals surface area contributed by atoms with E-state index >= 15 is 0 Å². The number of alkyl halides is 3. The molecule has 0 spiro atoms. The fourth-order valence-corrected chi connectivity index (χ4v) is 3.74. The molecule has 0 radical (unpaired) electrons. The third kappa shape index (κ3) is 8.44. The molecule has 0 bridgehead atoms. The van der Waals surface area contributed by atoms with Gasteiger partial charge in [-0.25, -0.2) is 14.2 Å². The van der Waals surface area contributed by atoms with Gasteiger partial charge in [0.1, 0.15) is 23.0 Å². The van der Waals surface area contributed by atoms with Crippen molar-refractivity contribution in [3.05, 3.63) is 53.4 Å². The van der Waals surface area contributed by atoms with Crippen molar-refractivity contribution in [2.24, 2.45) is 0 Å². The molecule has 2 aromatic heterocycles. The molecule has 14 heteroatoms. The molecule has 3 aromatic rings. The minimum absolute atomic E-state index is 0.00963. The molecular formula is C23H26F4N6O3S. The van der Waals surface area contributed by atoms with Crippen LogP contribution in [0.2, 0.25) is 0 Å². The predicted molar refractivity (Wildman–Crippen MR) is 131 cm³/mol. The van der Waals surface area contributed by atoms with Crippen LogP contribution in [0.25, 0.3) is 0 Å². The average molecular weight is 543 g/mol. The van der Waals surface area contributed by atoms with Crippen molar-refractivity contribution in [2.75, 3.05) is 23.8 Å². The second-order valence-corrected chi connectivity index (χ2v) is 9.54. The Bertz CT molecular complexity index is 1230. The Kier molecular flexibility index (Phi) is 8.73. The van der Waals surface area contributed by atoms with Crippen LogP contribution in [0.1, 0.15) is 37.7 Å². The molecule has 1 aromatic carbocycles. The van der Waals surface area contributed by atoms with Gasteiger partial charge in [0.2, 0.25) is 0 Å². The average Bonchev–Trinajstić information content (AvgIpc) is 3.13. The quantitative estimate of drug-likeness (QED) is 0.235. The molecule has 0 saturated heterocycles. The Morgan fingerprint density at radius 3 is 2.59 bits per heavy atom. The summed E-state index contributed by atoms with van der Waals surface area (Å²) in [5.41, 5.74) is 0.0423. The van der Waals surface area contributed by atoms with Crippen molar-refractivity contribution in [3.63, 3.8) is 0 Å². The maximum absolute atomic E-state index is 14.5. The Morgan fingerprint density at radius 1 is 1.16 bits per heavy atom. The van der Waals surface area contributed by atoms with Gasteiger partial charge in [-0.15, -0.1) is 0 Å². The van der Waals surface area contributed by atoms with Crippen molar-refractivity contribution in [1.82, 2.24) is 19.7 Å². The van der Waals surface area contributed by atoms with Gasteiger partial charge in [-0.3, -0.25) is 4.98 Å². The summed E-state index contributed by atoms with van der Waals surface area (Å²) in [4.78, 5) is 18.8. The van der Waals surface area contributed by atoms with Gasteiger partial charge in [0.25, 0.3) is 0 Å². The van der Waals surface area contributed by atoms with Gasteiger partial charge in [0.05, 0.1) is 24.6 Å². The summed E-state index contributed by atoms with van der Waals surface area (Å²) in [6, 6.07) is 4.30. The number of alkyl carbamates (subject to hydrolysis) is 1. The third-order valence-corrected chi connectivity index (χ3v) is 5.48. The van der Waals surface area contributed by atoms with Crippen molar-refractivity contribution in [1.29, 1.82) is 0 Å². The molecule has 1 amide bonds. The Labute approximate surface area is 214 Å². The van der Waals surface area contributed by atoms with Crippen LogP contribution >= 0.6 is 11.5 Å². The third-order valence-electron chi connectivity index (χ3n) is 4.58. The van der Waals surface area contributed by atoms with Crippen LogP contribution in [0.5, 0.6) is 5.75 Å². The van der Waals surface area contributed by atoms with E-state index in [1.807, 2.05) is 0 Å². The van der Waals surface area contributed by atoms with Crippen molar-refractivity contribution < 1.29 is 31.8 Å². The van der Waals surface area contributed by atoms with E-state index in [0.29, 0.717) is 28.1 Å². The number of hydrogen-bond acceptors (Lipinski definition) is 9. The first-order valence-electron chi connectivity index (χ1n) is 11.1. The zero-order valence-corrected chi connectivity index (χ0v) is 21.3. The van der Waals surface area contributed by atoms with E-state index in [2.05, 4.69) is 30.3 Å². The van der Waals surface area contributed by atoms with Crippen molar-refractivity contribution in [2.45, 2.75) is 46.0 Å². The highest BCUT2D eigenvalue weighted by atomic mass is 32.1. The summed E-state index contributed by atoms with van der Waals surface area (Å²) in [5.74, 6) is -0.677. The zero-order valence-electron chi connectivity index (χ0n) is 20.5. The van der Waals surface area contributed by atoms with Gasteiger partial charge in [-0.2, -0.15) is 17.5 Å². The molecular weight excluding hydrogens is 516 g/mol. The van der Waals surface area contributed by atoms with Gasteiger partial charge >= 0.3 is 12.3 Å². The highest BCUT2D eigenvalue weighted by Gasteiger charge is 2.33. The first-order chi connectivity index (χ1) is 17.3. The highest BCUT2D eigenvalue weighted by molar-refractivity contribution is 7.10. The summed E-state index contributed by atoms with van der Waals surface area (Å²) in [7, 11) is 0. The van der Waals surface area contributed by atoms with Crippen molar-refractivity contribution in [3.8, 4) is 5.75 Å². The van der Waals surface area contributed by atoms with Crippen LogP contribution in [-0.4, -0.2) is 39.2 Å². The van der Waals surface area contributed by atoms with E-state index in [9.17, 15) is 22.4 Å². The number of halogens is 4. The SMILES string of the molecule is Cc1nsc(Nc2cncc(C(F)(F)F)n2)c1CNc1ccc(OCCNC(=O)OC(C)(C)C)c(F)c1. The normalized spacial score (nSPS) is 11.7. The molecule has 0 saturated carbocycles. The Balaban J connectivity index is 1.56. The number of anilines is 3. The van der Waals surface area contributed by atoms with Crippen LogP contribution in [0.4, 0.5) is 38.9 Å². The fraction of sp³-hybridized carbons (Fsp3) is 0.391. The summed E-state index contributed by atoms with van der Waals surface area (Å²) in [5, 5.41) is 8.89. The van der Waals surface area contributed by atoms with Gasteiger partial charge in [0, 0.05) is 23.9 Å². The molecule has 200 valence electrons. The van der Waals surface area contributed by atoms with Crippen LogP contribution in [0.3, 0.4) is 0 Å². The zero-order chi connectivity index (χ0) is 27.2. The van der Waals surface area contributed by atoms with E-state index in [1.54, 1.807) is 33.8 Å². The van der Waals surface area contributed by atoms with E-state index in [1.165, 1.54) is 18.3 Å². The highest BCUT2D eigenvalue weighted by Crippen LogP contribution is 2.31. The maximum Gasteiger partial charge on any atom is 0.434 e. The molecule has 0 aliphatic rings. The number of amides is 1. The van der Waals surface area contributed by atoms with Gasteiger partial charge in [0.15, 0.2) is 17.3 Å². The lowest BCUT2D eigenvalue weighted by Gasteiger charge is -2.19. The molecule has 3 rings (SSSR count). The van der Waals surface area contributed by atoms with Crippen molar-refractivity contribution >= 4 is 34.1 Å². The lowest BCUT2D eigenvalue weighted by atomic mass is 10.2.